The molecule has 3 N–H and O–H groups in total. The van der Waals surface area contributed by atoms with Crippen molar-refractivity contribution in [2.75, 3.05) is 5.73 Å². The predicted octanol–water partition coefficient (Wildman–Crippen LogP) is -0.410. The smallest absolute Gasteiger partial charge is 0.433 e. The lowest BCUT2D eigenvalue weighted by molar-refractivity contribution is 0.607. The van der Waals surface area contributed by atoms with Gasteiger partial charge in [-0.25, -0.2) is 0 Å². The average Bonchev–Trinajstić information content (AvgIpc) is 1.88. The Labute approximate surface area is 63.9 Å². The summed E-state index contributed by atoms with van der Waals surface area (Å²) in [5, 5.41) is 8.82. The highest BCUT2D eigenvalue weighted by Gasteiger charge is 2.09. The van der Waals surface area contributed by atoms with Crippen LogP contribution < -0.4 is 11.2 Å². The van der Waals surface area contributed by atoms with E-state index in [-0.39, 0.29) is 0 Å². The van der Waals surface area contributed by atoms with E-state index in [9.17, 15) is 0 Å². The fraction of sp³-hybridized carbons (Fsp3) is 0. The molecule has 0 aliphatic carbocycles. The number of rotatable bonds is 1. The molecular formula is C5H6BClN2O. The van der Waals surface area contributed by atoms with Crippen LogP contribution in [0.1, 0.15) is 0 Å². The maximum absolute atomic E-state index is 8.82. The second kappa shape index (κ2) is 2.90. The third-order valence-corrected chi connectivity index (χ3v) is 1.31. The van der Waals surface area contributed by atoms with E-state index in [0.717, 1.165) is 0 Å². The van der Waals surface area contributed by atoms with Gasteiger partial charge in [0.1, 0.15) is 0 Å². The number of aromatic nitrogens is 1. The lowest BCUT2D eigenvalue weighted by Crippen LogP contribution is -2.24. The van der Waals surface area contributed by atoms with Crippen LogP contribution in [0.3, 0.4) is 0 Å². The van der Waals surface area contributed by atoms with Crippen molar-refractivity contribution in [1.82, 2.24) is 4.98 Å². The molecular weight excluding hydrogens is 150 g/mol. The minimum atomic E-state index is -1.02. The van der Waals surface area contributed by atoms with Crippen molar-refractivity contribution < 1.29 is 5.02 Å². The molecule has 0 bridgehead atoms. The number of nitrogen functional groups attached to an aromatic ring is 1. The number of pyridine rings is 1. The molecule has 0 aliphatic rings. The highest BCUT2D eigenvalue weighted by Crippen LogP contribution is 1.95. The molecule has 0 aromatic carbocycles. The van der Waals surface area contributed by atoms with Gasteiger partial charge in [-0.3, -0.25) is 4.98 Å². The van der Waals surface area contributed by atoms with Crippen LogP contribution in [0, 0.1) is 0 Å². The van der Waals surface area contributed by atoms with Crippen LogP contribution in [-0.2, 0) is 0 Å². The molecule has 1 rings (SSSR count). The van der Waals surface area contributed by atoms with Gasteiger partial charge in [0, 0.05) is 18.1 Å². The average molecular weight is 156 g/mol. The SMILES string of the molecule is Nc1cncc(B(O)Cl)c1. The maximum Gasteiger partial charge on any atom is 0.433 e. The van der Waals surface area contributed by atoms with Crippen molar-refractivity contribution >= 4 is 28.9 Å². The van der Waals surface area contributed by atoms with E-state index in [2.05, 4.69) is 4.98 Å². The van der Waals surface area contributed by atoms with Gasteiger partial charge in [-0.2, -0.15) is 0 Å². The zero-order valence-electron chi connectivity index (χ0n) is 5.16. The maximum atomic E-state index is 8.82. The summed E-state index contributed by atoms with van der Waals surface area (Å²) in [6.07, 6.45) is 1.94. The van der Waals surface area contributed by atoms with Crippen molar-refractivity contribution in [3.63, 3.8) is 0 Å². The number of hydrogen-bond acceptors (Lipinski definition) is 3. The van der Waals surface area contributed by atoms with Gasteiger partial charge in [0.05, 0.1) is 0 Å². The molecule has 0 fully saturated rings. The van der Waals surface area contributed by atoms with Gasteiger partial charge in [0.25, 0.3) is 0 Å². The predicted molar refractivity (Wildman–Crippen MR) is 42.1 cm³/mol. The Bertz CT molecular complexity index is 231. The number of nitrogens with two attached hydrogens (primary N) is 1. The first-order chi connectivity index (χ1) is 4.70. The molecule has 5 heteroatoms. The molecule has 1 heterocycles. The van der Waals surface area contributed by atoms with Gasteiger partial charge < -0.3 is 10.8 Å². The molecule has 52 valence electrons. The van der Waals surface area contributed by atoms with E-state index >= 15 is 0 Å². The summed E-state index contributed by atoms with van der Waals surface area (Å²) >= 11 is 5.34. The van der Waals surface area contributed by atoms with E-state index in [1.54, 1.807) is 6.07 Å². The summed E-state index contributed by atoms with van der Waals surface area (Å²) in [6.45, 7) is 0. The Kier molecular flexibility index (Phi) is 2.14. The molecule has 0 atom stereocenters. The lowest BCUT2D eigenvalue weighted by Gasteiger charge is -1.97. The fourth-order valence-corrected chi connectivity index (χ4v) is 0.726. The first-order valence-corrected chi connectivity index (χ1v) is 3.16. The Morgan fingerprint density at radius 2 is 2.30 bits per heavy atom. The quantitative estimate of drug-likeness (QED) is 0.544. The van der Waals surface area contributed by atoms with Gasteiger partial charge in [-0.15, -0.1) is 11.5 Å². The zero-order chi connectivity index (χ0) is 7.56. The molecule has 0 saturated carbocycles. The van der Waals surface area contributed by atoms with Crippen LogP contribution >= 0.6 is 11.5 Å². The van der Waals surface area contributed by atoms with Crippen molar-refractivity contribution in [1.29, 1.82) is 0 Å². The van der Waals surface area contributed by atoms with Crippen LogP contribution in [0.25, 0.3) is 0 Å². The summed E-state index contributed by atoms with van der Waals surface area (Å²) in [5.41, 5.74) is 6.38. The zero-order valence-corrected chi connectivity index (χ0v) is 5.92. The first kappa shape index (κ1) is 7.37. The van der Waals surface area contributed by atoms with E-state index in [0.29, 0.717) is 11.2 Å². The molecule has 0 unspecified atom stereocenters. The summed E-state index contributed by atoms with van der Waals surface area (Å²) < 4.78 is 0. The van der Waals surface area contributed by atoms with Gasteiger partial charge in [0.2, 0.25) is 0 Å². The minimum absolute atomic E-state index is 0.497. The highest BCUT2D eigenvalue weighted by atomic mass is 35.5. The normalized spacial score (nSPS) is 9.40. The van der Waals surface area contributed by atoms with Crippen molar-refractivity contribution in [2.45, 2.75) is 0 Å². The number of nitrogens with zero attached hydrogens (tertiary/aromatic N) is 1. The largest absolute Gasteiger partial charge is 0.434 e. The third kappa shape index (κ3) is 1.62. The van der Waals surface area contributed by atoms with Gasteiger partial charge in [-0.1, -0.05) is 0 Å². The summed E-state index contributed by atoms with van der Waals surface area (Å²) in [4.78, 5) is 3.74. The molecule has 10 heavy (non-hydrogen) atoms. The van der Waals surface area contributed by atoms with Gasteiger partial charge in [0.15, 0.2) is 0 Å². The molecule has 1 aromatic heterocycles. The Morgan fingerprint density at radius 3 is 2.70 bits per heavy atom. The van der Waals surface area contributed by atoms with Crippen LogP contribution in [0.2, 0.25) is 0 Å². The van der Waals surface area contributed by atoms with Crippen LogP contribution in [0.5, 0.6) is 0 Å². The lowest BCUT2D eigenvalue weighted by atomic mass is 9.88. The summed E-state index contributed by atoms with van der Waals surface area (Å²) in [7, 11) is 0. The van der Waals surface area contributed by atoms with Gasteiger partial charge >= 0.3 is 6.33 Å². The number of anilines is 1. The summed E-state index contributed by atoms with van der Waals surface area (Å²) in [5.74, 6) is 0. The Balaban J connectivity index is 2.96. The monoisotopic (exact) mass is 156 g/mol. The van der Waals surface area contributed by atoms with Crippen molar-refractivity contribution in [3.8, 4) is 0 Å². The fourth-order valence-electron chi connectivity index (χ4n) is 0.607. The van der Waals surface area contributed by atoms with E-state index in [1.807, 2.05) is 0 Å². The Morgan fingerprint density at radius 1 is 1.60 bits per heavy atom. The van der Waals surface area contributed by atoms with E-state index in [1.165, 1.54) is 12.4 Å². The second-order valence-corrected chi connectivity index (χ2v) is 2.30. The van der Waals surface area contributed by atoms with Crippen LogP contribution in [-0.4, -0.2) is 16.3 Å². The highest BCUT2D eigenvalue weighted by molar-refractivity contribution is 7.09. The van der Waals surface area contributed by atoms with E-state index < -0.39 is 6.33 Å². The van der Waals surface area contributed by atoms with Crippen molar-refractivity contribution in [3.05, 3.63) is 18.5 Å². The molecule has 0 amide bonds. The summed E-state index contributed by atoms with van der Waals surface area (Å²) in [6, 6.07) is 1.57. The molecule has 0 spiro atoms. The molecule has 1 aromatic rings. The van der Waals surface area contributed by atoms with Crippen LogP contribution in [0.15, 0.2) is 18.5 Å². The first-order valence-electron chi connectivity index (χ1n) is 2.72. The van der Waals surface area contributed by atoms with Crippen LogP contribution in [0.4, 0.5) is 5.69 Å². The minimum Gasteiger partial charge on any atom is -0.434 e. The number of halogens is 1. The third-order valence-electron chi connectivity index (χ3n) is 1.06. The van der Waals surface area contributed by atoms with Crippen molar-refractivity contribution in [2.24, 2.45) is 0 Å². The molecule has 0 radical (unpaired) electrons. The molecule has 0 saturated heterocycles. The standard InChI is InChI=1S/C5H6BClN2O/c7-6(10)4-1-5(8)3-9-2-4/h1-3,10H,8H2. The Hall–Kier alpha value is -0.735. The topological polar surface area (TPSA) is 59.1 Å². The number of hydrogen-bond donors (Lipinski definition) is 2. The second-order valence-electron chi connectivity index (χ2n) is 1.89. The van der Waals surface area contributed by atoms with Gasteiger partial charge in [-0.05, 0) is 11.5 Å². The molecule has 3 nitrogen and oxygen atoms in total. The molecule has 0 aliphatic heterocycles. The van der Waals surface area contributed by atoms with E-state index in [4.69, 9.17) is 22.2 Å².